The average Bonchev–Trinajstić information content (AvgIpc) is 3.01. The van der Waals surface area contributed by atoms with Crippen LogP contribution in [0.4, 0.5) is 0 Å². The van der Waals surface area contributed by atoms with Crippen molar-refractivity contribution in [2.45, 2.75) is 0 Å². The molecular formula is C14H9N3O2S. The van der Waals surface area contributed by atoms with Crippen LogP contribution in [0.3, 0.4) is 0 Å². The number of carboxylic acid groups (broad SMARTS) is 1. The quantitative estimate of drug-likeness (QED) is 0.799. The second kappa shape index (κ2) is 5.18. The number of carbonyl (C=O) groups is 1. The zero-order chi connectivity index (χ0) is 13.9. The monoisotopic (exact) mass is 283 g/mol. The number of aromatic carboxylic acids is 1. The number of rotatable bonds is 3. The van der Waals surface area contributed by atoms with Gasteiger partial charge in [-0.3, -0.25) is 9.97 Å². The fourth-order valence-corrected chi connectivity index (χ4v) is 2.48. The largest absolute Gasteiger partial charge is 0.478 e. The van der Waals surface area contributed by atoms with E-state index in [1.165, 1.54) is 17.5 Å². The van der Waals surface area contributed by atoms with Gasteiger partial charge in [-0.25, -0.2) is 9.78 Å². The number of hydrogen-bond acceptors (Lipinski definition) is 5. The molecule has 3 aromatic heterocycles. The van der Waals surface area contributed by atoms with Crippen LogP contribution in [-0.4, -0.2) is 26.0 Å². The molecule has 0 aliphatic rings. The standard InChI is InChI=1S/C14H9N3O2S/c18-14(19)10-6-11(9-2-1-3-15-7-9)12(17-8-10)13-16-4-5-20-13/h1-8H,(H,18,19). The van der Waals surface area contributed by atoms with Crippen molar-refractivity contribution in [3.63, 3.8) is 0 Å². The molecular weight excluding hydrogens is 274 g/mol. The first-order valence-electron chi connectivity index (χ1n) is 5.79. The molecule has 0 aliphatic heterocycles. The van der Waals surface area contributed by atoms with Crippen LogP contribution in [0.25, 0.3) is 21.8 Å². The van der Waals surface area contributed by atoms with E-state index in [0.717, 1.165) is 10.6 Å². The second-order valence-electron chi connectivity index (χ2n) is 4.00. The third-order valence-corrected chi connectivity index (χ3v) is 3.52. The Hall–Kier alpha value is -2.60. The van der Waals surface area contributed by atoms with E-state index in [-0.39, 0.29) is 5.56 Å². The molecule has 0 atom stereocenters. The third-order valence-electron chi connectivity index (χ3n) is 2.74. The van der Waals surface area contributed by atoms with Crippen molar-refractivity contribution in [3.8, 4) is 21.8 Å². The van der Waals surface area contributed by atoms with Crippen LogP contribution in [0, 0.1) is 0 Å². The maximum atomic E-state index is 11.1. The molecule has 0 fully saturated rings. The van der Waals surface area contributed by atoms with Crippen molar-refractivity contribution in [2.24, 2.45) is 0 Å². The van der Waals surface area contributed by atoms with Crippen molar-refractivity contribution >= 4 is 17.3 Å². The lowest BCUT2D eigenvalue weighted by molar-refractivity contribution is 0.0696. The van der Waals surface area contributed by atoms with Crippen LogP contribution < -0.4 is 0 Å². The lowest BCUT2D eigenvalue weighted by atomic mass is 10.0. The molecule has 3 rings (SSSR count). The van der Waals surface area contributed by atoms with Crippen molar-refractivity contribution in [1.82, 2.24) is 15.0 Å². The van der Waals surface area contributed by atoms with Crippen LogP contribution in [0.1, 0.15) is 10.4 Å². The molecule has 0 unspecified atom stereocenters. The summed E-state index contributed by atoms with van der Waals surface area (Å²) in [4.78, 5) is 23.7. The molecule has 0 amide bonds. The first-order valence-corrected chi connectivity index (χ1v) is 6.67. The van der Waals surface area contributed by atoms with Crippen LogP contribution in [-0.2, 0) is 0 Å². The van der Waals surface area contributed by atoms with Crippen LogP contribution in [0.5, 0.6) is 0 Å². The van der Waals surface area contributed by atoms with Crippen molar-refractivity contribution in [2.75, 3.05) is 0 Å². The number of pyridine rings is 2. The third kappa shape index (κ3) is 2.28. The minimum absolute atomic E-state index is 0.143. The molecule has 3 heterocycles. The summed E-state index contributed by atoms with van der Waals surface area (Å²) in [6, 6.07) is 5.27. The molecule has 0 aliphatic carbocycles. The molecule has 0 saturated heterocycles. The molecule has 1 N–H and O–H groups in total. The van der Waals surface area contributed by atoms with E-state index in [0.29, 0.717) is 11.3 Å². The van der Waals surface area contributed by atoms with Gasteiger partial charge in [-0.1, -0.05) is 6.07 Å². The smallest absolute Gasteiger partial charge is 0.337 e. The maximum Gasteiger partial charge on any atom is 0.337 e. The Morgan fingerprint density at radius 1 is 1.20 bits per heavy atom. The molecule has 0 spiro atoms. The van der Waals surface area contributed by atoms with Gasteiger partial charge >= 0.3 is 5.97 Å². The summed E-state index contributed by atoms with van der Waals surface area (Å²) in [6.45, 7) is 0. The topological polar surface area (TPSA) is 76.0 Å². The number of hydrogen-bond donors (Lipinski definition) is 1. The first-order chi connectivity index (χ1) is 9.75. The van der Waals surface area contributed by atoms with Crippen LogP contribution >= 0.6 is 11.3 Å². The van der Waals surface area contributed by atoms with E-state index in [4.69, 9.17) is 5.11 Å². The van der Waals surface area contributed by atoms with Crippen molar-refractivity contribution in [3.05, 3.63) is 53.9 Å². The Kier molecular flexibility index (Phi) is 3.22. The molecule has 98 valence electrons. The van der Waals surface area contributed by atoms with Gasteiger partial charge in [-0.05, 0) is 12.1 Å². The van der Waals surface area contributed by atoms with Crippen LogP contribution in [0.15, 0.2) is 48.4 Å². The summed E-state index contributed by atoms with van der Waals surface area (Å²) < 4.78 is 0. The fraction of sp³-hybridized carbons (Fsp3) is 0. The molecule has 0 saturated carbocycles. The Morgan fingerprint density at radius 2 is 2.10 bits per heavy atom. The Balaban J connectivity index is 2.23. The first kappa shape index (κ1) is 12.4. The SMILES string of the molecule is O=C(O)c1cnc(-c2nccs2)c(-c2cccnc2)c1. The molecule has 20 heavy (non-hydrogen) atoms. The number of nitrogens with zero attached hydrogens (tertiary/aromatic N) is 3. The van der Waals surface area contributed by atoms with Gasteiger partial charge in [0.05, 0.1) is 5.56 Å². The summed E-state index contributed by atoms with van der Waals surface area (Å²) in [7, 11) is 0. The normalized spacial score (nSPS) is 10.4. The summed E-state index contributed by atoms with van der Waals surface area (Å²) in [5.74, 6) is -1.01. The van der Waals surface area contributed by atoms with Crippen LogP contribution in [0.2, 0.25) is 0 Å². The zero-order valence-electron chi connectivity index (χ0n) is 10.2. The molecule has 6 heteroatoms. The molecule has 3 aromatic rings. The van der Waals surface area contributed by atoms with E-state index >= 15 is 0 Å². The predicted molar refractivity (Wildman–Crippen MR) is 75.5 cm³/mol. The highest BCUT2D eigenvalue weighted by molar-refractivity contribution is 7.13. The number of carboxylic acids is 1. The van der Waals surface area contributed by atoms with E-state index in [2.05, 4.69) is 15.0 Å². The fourth-order valence-electron chi connectivity index (χ4n) is 1.83. The minimum atomic E-state index is -1.01. The van der Waals surface area contributed by atoms with E-state index in [1.807, 2.05) is 11.4 Å². The van der Waals surface area contributed by atoms with Gasteiger partial charge in [0, 0.05) is 41.3 Å². The Morgan fingerprint density at radius 3 is 2.75 bits per heavy atom. The highest BCUT2D eigenvalue weighted by atomic mass is 32.1. The number of aromatic nitrogens is 3. The van der Waals surface area contributed by atoms with Gasteiger partial charge in [0.15, 0.2) is 0 Å². The van der Waals surface area contributed by atoms with Gasteiger partial charge < -0.3 is 5.11 Å². The van der Waals surface area contributed by atoms with E-state index in [9.17, 15) is 4.79 Å². The summed E-state index contributed by atoms with van der Waals surface area (Å²) in [6.07, 6.45) is 6.39. The van der Waals surface area contributed by atoms with Crippen molar-refractivity contribution in [1.29, 1.82) is 0 Å². The molecule has 0 radical (unpaired) electrons. The zero-order valence-corrected chi connectivity index (χ0v) is 11.0. The minimum Gasteiger partial charge on any atom is -0.478 e. The van der Waals surface area contributed by atoms with Gasteiger partial charge in [0.25, 0.3) is 0 Å². The van der Waals surface area contributed by atoms with Gasteiger partial charge in [-0.2, -0.15) is 0 Å². The summed E-state index contributed by atoms with van der Waals surface area (Å²) >= 11 is 1.46. The Labute approximate surface area is 118 Å². The van der Waals surface area contributed by atoms with Gasteiger partial charge in [0.1, 0.15) is 10.7 Å². The number of thiazole rings is 1. The van der Waals surface area contributed by atoms with E-state index < -0.39 is 5.97 Å². The lowest BCUT2D eigenvalue weighted by Crippen LogP contribution is -1.99. The highest BCUT2D eigenvalue weighted by Gasteiger charge is 2.14. The molecule has 0 bridgehead atoms. The van der Waals surface area contributed by atoms with Gasteiger partial charge in [0.2, 0.25) is 0 Å². The van der Waals surface area contributed by atoms with E-state index in [1.54, 1.807) is 30.7 Å². The predicted octanol–water partition coefficient (Wildman–Crippen LogP) is 2.97. The second-order valence-corrected chi connectivity index (χ2v) is 4.90. The van der Waals surface area contributed by atoms with Gasteiger partial charge in [-0.15, -0.1) is 11.3 Å². The summed E-state index contributed by atoms with van der Waals surface area (Å²) in [5.41, 5.74) is 2.34. The molecule has 0 aromatic carbocycles. The summed E-state index contributed by atoms with van der Waals surface area (Å²) in [5, 5.41) is 11.7. The molecule has 5 nitrogen and oxygen atoms in total. The Bertz CT molecular complexity index is 742. The maximum absolute atomic E-state index is 11.1. The average molecular weight is 283 g/mol. The lowest BCUT2D eigenvalue weighted by Gasteiger charge is -2.07. The van der Waals surface area contributed by atoms with Crippen molar-refractivity contribution < 1.29 is 9.90 Å². The highest BCUT2D eigenvalue weighted by Crippen LogP contribution is 2.31.